The van der Waals surface area contributed by atoms with Crippen LogP contribution >= 0.6 is 0 Å². The Morgan fingerprint density at radius 2 is 1.93 bits per heavy atom. The van der Waals surface area contributed by atoms with Crippen molar-refractivity contribution in [2.75, 3.05) is 46.8 Å². The molecule has 6 nitrogen and oxygen atoms in total. The van der Waals surface area contributed by atoms with Gasteiger partial charge in [-0.2, -0.15) is 0 Å². The highest BCUT2D eigenvalue weighted by Gasteiger charge is 2.37. The Bertz CT molecular complexity index is 652. The number of nitrogens with one attached hydrogen (secondary N) is 2. The molecule has 1 amide bonds. The molecule has 2 fully saturated rings. The van der Waals surface area contributed by atoms with Gasteiger partial charge in [-0.1, -0.05) is 30.3 Å². The Morgan fingerprint density at radius 3 is 2.57 bits per heavy atom. The van der Waals surface area contributed by atoms with E-state index < -0.39 is 0 Å². The molecule has 28 heavy (non-hydrogen) atoms. The lowest BCUT2D eigenvalue weighted by molar-refractivity contribution is -0.130. The molecule has 2 unspecified atom stereocenters. The molecule has 0 radical (unpaired) electrons. The van der Waals surface area contributed by atoms with Crippen LogP contribution in [-0.4, -0.2) is 74.5 Å². The molecule has 6 heteroatoms. The van der Waals surface area contributed by atoms with Crippen molar-refractivity contribution in [3.8, 4) is 0 Å². The lowest BCUT2D eigenvalue weighted by atomic mass is 10.1. The van der Waals surface area contributed by atoms with Crippen LogP contribution in [0.25, 0.3) is 0 Å². The highest BCUT2D eigenvalue weighted by atomic mass is 16.2. The summed E-state index contributed by atoms with van der Waals surface area (Å²) in [7, 11) is 3.63. The van der Waals surface area contributed by atoms with Crippen LogP contribution in [0.5, 0.6) is 0 Å². The molecule has 1 saturated heterocycles. The summed E-state index contributed by atoms with van der Waals surface area (Å²) in [6.07, 6.45) is 3.33. The van der Waals surface area contributed by atoms with Crippen molar-refractivity contribution in [3.05, 3.63) is 35.9 Å². The van der Waals surface area contributed by atoms with Crippen molar-refractivity contribution in [3.63, 3.8) is 0 Å². The normalized spacial score (nSPS) is 23.3. The standard InChI is InChI=1S/C22H35N5O/c1-4-23-22(24-15-18-14-20(18)17-8-6-5-7-9-17)25-19-10-12-27(13-11-19)16-21(28)26(2)3/h5-9,18-20H,4,10-16H2,1-3H3,(H2,23,24,25). The monoisotopic (exact) mass is 385 g/mol. The maximum absolute atomic E-state index is 11.9. The van der Waals surface area contributed by atoms with Gasteiger partial charge in [-0.3, -0.25) is 14.7 Å². The van der Waals surface area contributed by atoms with Crippen LogP contribution in [0.3, 0.4) is 0 Å². The van der Waals surface area contributed by atoms with E-state index in [2.05, 4.69) is 52.8 Å². The lowest BCUT2D eigenvalue weighted by Crippen LogP contribution is -2.50. The fourth-order valence-electron chi connectivity index (χ4n) is 3.85. The Hall–Kier alpha value is -2.08. The molecule has 1 aliphatic carbocycles. The second-order valence-electron chi connectivity index (χ2n) is 8.22. The van der Waals surface area contributed by atoms with E-state index in [9.17, 15) is 4.79 Å². The SMILES string of the molecule is CCNC(=NCC1CC1c1ccccc1)NC1CCN(CC(=O)N(C)C)CC1. The van der Waals surface area contributed by atoms with Gasteiger partial charge in [0.2, 0.25) is 5.91 Å². The molecular weight excluding hydrogens is 350 g/mol. The zero-order chi connectivity index (χ0) is 19.9. The molecule has 1 heterocycles. The number of hydrogen-bond acceptors (Lipinski definition) is 3. The van der Waals surface area contributed by atoms with Crippen LogP contribution in [0.4, 0.5) is 0 Å². The van der Waals surface area contributed by atoms with Gasteiger partial charge >= 0.3 is 0 Å². The van der Waals surface area contributed by atoms with Gasteiger partial charge in [0, 0.05) is 46.3 Å². The molecule has 2 aliphatic rings. The minimum atomic E-state index is 0.179. The van der Waals surface area contributed by atoms with E-state index in [-0.39, 0.29) is 5.91 Å². The zero-order valence-electron chi connectivity index (χ0n) is 17.5. The molecule has 0 spiro atoms. The number of guanidine groups is 1. The van der Waals surface area contributed by atoms with Gasteiger partial charge in [-0.25, -0.2) is 0 Å². The van der Waals surface area contributed by atoms with Gasteiger partial charge in [0.25, 0.3) is 0 Å². The minimum absolute atomic E-state index is 0.179. The number of nitrogens with zero attached hydrogens (tertiary/aromatic N) is 3. The van der Waals surface area contributed by atoms with Crippen molar-refractivity contribution in [1.82, 2.24) is 20.4 Å². The summed E-state index contributed by atoms with van der Waals surface area (Å²) in [6, 6.07) is 11.2. The van der Waals surface area contributed by atoms with Crippen molar-refractivity contribution in [2.24, 2.45) is 10.9 Å². The van der Waals surface area contributed by atoms with Crippen LogP contribution < -0.4 is 10.6 Å². The van der Waals surface area contributed by atoms with E-state index >= 15 is 0 Å². The van der Waals surface area contributed by atoms with Crippen molar-refractivity contribution >= 4 is 11.9 Å². The Labute approximate surface area is 169 Å². The van der Waals surface area contributed by atoms with Gasteiger partial charge in [-0.05, 0) is 43.6 Å². The number of piperidine rings is 1. The van der Waals surface area contributed by atoms with E-state index in [0.717, 1.165) is 45.0 Å². The summed E-state index contributed by atoms with van der Waals surface area (Å²) < 4.78 is 0. The van der Waals surface area contributed by atoms with Gasteiger partial charge in [0.1, 0.15) is 0 Å². The third-order valence-corrected chi connectivity index (χ3v) is 5.76. The molecule has 1 saturated carbocycles. The van der Waals surface area contributed by atoms with E-state index in [1.165, 1.54) is 12.0 Å². The molecule has 2 N–H and O–H groups in total. The van der Waals surface area contributed by atoms with Crippen LogP contribution in [-0.2, 0) is 4.79 Å². The van der Waals surface area contributed by atoms with Gasteiger partial charge in [0.15, 0.2) is 5.96 Å². The molecular formula is C22H35N5O. The first-order valence-electron chi connectivity index (χ1n) is 10.6. The van der Waals surface area contributed by atoms with Crippen molar-refractivity contribution in [1.29, 1.82) is 0 Å². The van der Waals surface area contributed by atoms with Crippen LogP contribution in [0.15, 0.2) is 35.3 Å². The Morgan fingerprint density at radius 1 is 1.21 bits per heavy atom. The van der Waals surface area contributed by atoms with Crippen LogP contribution in [0.1, 0.15) is 37.7 Å². The van der Waals surface area contributed by atoms with Crippen LogP contribution in [0.2, 0.25) is 0 Å². The van der Waals surface area contributed by atoms with Crippen LogP contribution in [0, 0.1) is 5.92 Å². The van der Waals surface area contributed by atoms with Gasteiger partial charge < -0.3 is 15.5 Å². The Balaban J connectivity index is 1.44. The minimum Gasteiger partial charge on any atom is -0.357 e. The zero-order valence-corrected chi connectivity index (χ0v) is 17.5. The topological polar surface area (TPSA) is 60.0 Å². The number of carbonyl (C=O) groups is 1. The third-order valence-electron chi connectivity index (χ3n) is 5.76. The maximum atomic E-state index is 11.9. The van der Waals surface area contributed by atoms with E-state index in [4.69, 9.17) is 4.99 Å². The fraction of sp³-hybridized carbons (Fsp3) is 0.636. The average molecular weight is 386 g/mol. The molecule has 1 aliphatic heterocycles. The predicted molar refractivity (Wildman–Crippen MR) is 115 cm³/mol. The van der Waals surface area contributed by atoms with Crippen molar-refractivity contribution < 1.29 is 4.79 Å². The number of benzene rings is 1. The smallest absolute Gasteiger partial charge is 0.236 e. The number of rotatable bonds is 7. The molecule has 1 aromatic rings. The first-order chi connectivity index (χ1) is 13.6. The largest absolute Gasteiger partial charge is 0.357 e. The number of amides is 1. The lowest BCUT2D eigenvalue weighted by Gasteiger charge is -2.33. The molecule has 0 aromatic heterocycles. The number of likely N-dealkylation sites (N-methyl/N-ethyl adjacent to an activating group) is 1. The molecule has 1 aromatic carbocycles. The first-order valence-corrected chi connectivity index (χ1v) is 10.6. The summed E-state index contributed by atoms with van der Waals surface area (Å²) in [6.45, 7) is 6.29. The number of likely N-dealkylation sites (tertiary alicyclic amines) is 1. The second kappa shape index (κ2) is 9.92. The molecule has 0 bridgehead atoms. The average Bonchev–Trinajstić information content (AvgIpc) is 3.48. The highest BCUT2D eigenvalue weighted by molar-refractivity contribution is 5.80. The fourth-order valence-corrected chi connectivity index (χ4v) is 3.85. The summed E-state index contributed by atoms with van der Waals surface area (Å²) in [5.41, 5.74) is 1.44. The first kappa shape index (κ1) is 20.6. The van der Waals surface area contributed by atoms with Gasteiger partial charge in [0.05, 0.1) is 6.54 Å². The highest BCUT2D eigenvalue weighted by Crippen LogP contribution is 2.47. The van der Waals surface area contributed by atoms with E-state index in [1.807, 2.05) is 14.1 Å². The Kier molecular flexibility index (Phi) is 7.31. The molecule has 3 rings (SSSR count). The summed E-state index contributed by atoms with van der Waals surface area (Å²) >= 11 is 0. The summed E-state index contributed by atoms with van der Waals surface area (Å²) in [5, 5.41) is 7.00. The maximum Gasteiger partial charge on any atom is 0.236 e. The quantitative estimate of drug-likeness (QED) is 0.556. The predicted octanol–water partition coefficient (Wildman–Crippen LogP) is 1.90. The van der Waals surface area contributed by atoms with Crippen molar-refractivity contribution in [2.45, 2.75) is 38.1 Å². The number of aliphatic imine (C=N–C) groups is 1. The van der Waals surface area contributed by atoms with Gasteiger partial charge in [-0.15, -0.1) is 0 Å². The number of carbonyl (C=O) groups excluding carboxylic acids is 1. The molecule has 2 atom stereocenters. The third kappa shape index (κ3) is 5.96. The summed E-state index contributed by atoms with van der Waals surface area (Å²) in [4.78, 5) is 20.7. The summed E-state index contributed by atoms with van der Waals surface area (Å²) in [5.74, 6) is 2.45. The van der Waals surface area contributed by atoms with E-state index in [1.54, 1.807) is 4.90 Å². The number of hydrogen-bond donors (Lipinski definition) is 2. The second-order valence-corrected chi connectivity index (χ2v) is 8.22. The molecule has 154 valence electrons. The van der Waals surface area contributed by atoms with E-state index in [0.29, 0.717) is 24.4 Å².